The second kappa shape index (κ2) is 7.91. The fourth-order valence-electron chi connectivity index (χ4n) is 3.53. The van der Waals surface area contributed by atoms with E-state index in [0.29, 0.717) is 0 Å². The fourth-order valence-corrected chi connectivity index (χ4v) is 4.47. The Balaban J connectivity index is 1.83. The van der Waals surface area contributed by atoms with Crippen molar-refractivity contribution in [3.8, 4) is 11.1 Å². The van der Waals surface area contributed by atoms with Crippen LogP contribution in [0.4, 0.5) is 0 Å². The van der Waals surface area contributed by atoms with Crippen LogP contribution in [0.2, 0.25) is 0 Å². The summed E-state index contributed by atoms with van der Waals surface area (Å²) in [7, 11) is -1.24. The molecule has 1 aliphatic rings. The Morgan fingerprint density at radius 3 is 2.23 bits per heavy atom. The average Bonchev–Trinajstić information content (AvgIpc) is 2.62. The van der Waals surface area contributed by atoms with E-state index in [1.54, 1.807) is 13.8 Å². The molecular formula is C21H28N2O2S. The van der Waals surface area contributed by atoms with Crippen LogP contribution < -0.4 is 4.72 Å². The second-order valence-corrected chi connectivity index (χ2v) is 9.73. The van der Waals surface area contributed by atoms with Gasteiger partial charge in [-0.25, -0.2) is 13.1 Å². The molecule has 1 aliphatic heterocycles. The molecule has 5 heteroatoms. The SMILES string of the molecule is CC(C)S(=O)(=O)N[C@@H]1CN(C)CC[C@H]1c1ccc(-c2ccccc2)cc1. The first-order valence-corrected chi connectivity index (χ1v) is 10.8. The molecule has 3 rings (SSSR count). The molecule has 0 bridgehead atoms. The number of sulfonamides is 1. The maximum atomic E-state index is 12.4. The molecule has 0 aliphatic carbocycles. The van der Waals surface area contributed by atoms with Crippen molar-refractivity contribution in [1.29, 1.82) is 0 Å². The normalized spacial score (nSPS) is 21.8. The Labute approximate surface area is 157 Å². The van der Waals surface area contributed by atoms with Crippen LogP contribution in [0, 0.1) is 0 Å². The van der Waals surface area contributed by atoms with E-state index in [0.717, 1.165) is 19.5 Å². The van der Waals surface area contributed by atoms with Gasteiger partial charge < -0.3 is 4.90 Å². The monoisotopic (exact) mass is 372 g/mol. The standard InChI is InChI=1S/C21H28N2O2S/c1-16(2)26(24,25)22-21-15-23(3)14-13-20(21)19-11-9-18(10-12-19)17-7-5-4-6-8-17/h4-12,16,20-22H,13-15H2,1-3H3/t20-,21+/m0/s1. The lowest BCUT2D eigenvalue weighted by Gasteiger charge is -2.37. The lowest BCUT2D eigenvalue weighted by atomic mass is 9.85. The summed E-state index contributed by atoms with van der Waals surface area (Å²) in [5.74, 6) is 0.199. The summed E-state index contributed by atoms with van der Waals surface area (Å²) in [5, 5.41) is -0.421. The highest BCUT2D eigenvalue weighted by molar-refractivity contribution is 7.90. The molecule has 4 nitrogen and oxygen atoms in total. The number of hydrogen-bond acceptors (Lipinski definition) is 3. The molecule has 0 aromatic heterocycles. The number of nitrogens with one attached hydrogen (secondary N) is 1. The first-order chi connectivity index (χ1) is 12.4. The van der Waals surface area contributed by atoms with Gasteiger partial charge >= 0.3 is 0 Å². The summed E-state index contributed by atoms with van der Waals surface area (Å²) in [6, 6.07) is 18.8. The molecule has 1 saturated heterocycles. The van der Waals surface area contributed by atoms with Crippen LogP contribution in [0.15, 0.2) is 54.6 Å². The molecule has 1 fully saturated rings. The van der Waals surface area contributed by atoms with Crippen LogP contribution >= 0.6 is 0 Å². The minimum Gasteiger partial charge on any atom is -0.305 e. The molecule has 0 unspecified atom stereocenters. The minimum atomic E-state index is -3.29. The van der Waals surface area contributed by atoms with Crippen LogP contribution in [0.25, 0.3) is 11.1 Å². The van der Waals surface area contributed by atoms with Gasteiger partial charge in [0.25, 0.3) is 0 Å². The van der Waals surface area contributed by atoms with Gasteiger partial charge in [-0.3, -0.25) is 0 Å². The number of rotatable bonds is 5. The van der Waals surface area contributed by atoms with Gasteiger partial charge in [0.1, 0.15) is 0 Å². The van der Waals surface area contributed by atoms with Crippen molar-refractivity contribution in [1.82, 2.24) is 9.62 Å². The molecule has 0 spiro atoms. The van der Waals surface area contributed by atoms with Gasteiger partial charge in [0, 0.05) is 18.5 Å². The van der Waals surface area contributed by atoms with Crippen LogP contribution in [-0.4, -0.2) is 44.7 Å². The van der Waals surface area contributed by atoms with Crippen molar-refractivity contribution in [3.63, 3.8) is 0 Å². The first kappa shape index (κ1) is 19.1. The van der Waals surface area contributed by atoms with E-state index in [4.69, 9.17) is 0 Å². The molecule has 26 heavy (non-hydrogen) atoms. The number of nitrogens with zero attached hydrogens (tertiary/aromatic N) is 1. The molecule has 0 amide bonds. The molecule has 1 heterocycles. The summed E-state index contributed by atoms with van der Waals surface area (Å²) >= 11 is 0. The zero-order chi connectivity index (χ0) is 18.7. The summed E-state index contributed by atoms with van der Waals surface area (Å²) in [6.45, 7) is 5.15. The van der Waals surface area contributed by atoms with Gasteiger partial charge in [0.2, 0.25) is 10.0 Å². The van der Waals surface area contributed by atoms with Gasteiger partial charge in [0.05, 0.1) is 5.25 Å². The number of likely N-dealkylation sites (tertiary alicyclic amines) is 1. The Morgan fingerprint density at radius 2 is 1.62 bits per heavy atom. The van der Waals surface area contributed by atoms with E-state index in [9.17, 15) is 8.42 Å². The van der Waals surface area contributed by atoms with E-state index >= 15 is 0 Å². The van der Waals surface area contributed by atoms with Gasteiger partial charge in [-0.15, -0.1) is 0 Å². The summed E-state index contributed by atoms with van der Waals surface area (Å²) in [6.07, 6.45) is 0.951. The fraction of sp³-hybridized carbons (Fsp3) is 0.429. The maximum Gasteiger partial charge on any atom is 0.214 e. The van der Waals surface area contributed by atoms with E-state index in [2.05, 4.69) is 46.0 Å². The number of hydrogen-bond donors (Lipinski definition) is 1. The second-order valence-electron chi connectivity index (χ2n) is 7.46. The topological polar surface area (TPSA) is 49.4 Å². The number of benzene rings is 2. The molecule has 2 aromatic carbocycles. The smallest absolute Gasteiger partial charge is 0.214 e. The lowest BCUT2D eigenvalue weighted by molar-refractivity contribution is 0.218. The molecule has 0 radical (unpaired) electrons. The van der Waals surface area contributed by atoms with Crippen molar-refractivity contribution >= 4 is 10.0 Å². The van der Waals surface area contributed by atoms with Crippen LogP contribution in [0.5, 0.6) is 0 Å². The van der Waals surface area contributed by atoms with Crippen LogP contribution in [-0.2, 0) is 10.0 Å². The lowest BCUT2D eigenvalue weighted by Crippen LogP contribution is -2.51. The van der Waals surface area contributed by atoms with E-state index in [1.165, 1.54) is 16.7 Å². The van der Waals surface area contributed by atoms with Gasteiger partial charge in [-0.1, -0.05) is 54.6 Å². The van der Waals surface area contributed by atoms with Crippen molar-refractivity contribution in [2.24, 2.45) is 0 Å². The van der Waals surface area contributed by atoms with E-state index in [-0.39, 0.29) is 12.0 Å². The Hall–Kier alpha value is -1.69. The van der Waals surface area contributed by atoms with E-state index < -0.39 is 15.3 Å². The van der Waals surface area contributed by atoms with Gasteiger partial charge in [0.15, 0.2) is 0 Å². The Morgan fingerprint density at radius 1 is 1.00 bits per heavy atom. The maximum absolute atomic E-state index is 12.4. The predicted octanol–water partition coefficient (Wildman–Crippen LogP) is 3.47. The largest absolute Gasteiger partial charge is 0.305 e. The minimum absolute atomic E-state index is 0.0938. The van der Waals surface area contributed by atoms with Gasteiger partial charge in [-0.2, -0.15) is 0 Å². The van der Waals surface area contributed by atoms with E-state index in [1.807, 2.05) is 25.2 Å². The van der Waals surface area contributed by atoms with Crippen molar-refractivity contribution in [2.45, 2.75) is 37.5 Å². The first-order valence-electron chi connectivity index (χ1n) is 9.22. The molecule has 140 valence electrons. The highest BCUT2D eigenvalue weighted by Gasteiger charge is 2.32. The average molecular weight is 373 g/mol. The molecular weight excluding hydrogens is 344 g/mol. The molecule has 1 N–H and O–H groups in total. The molecule has 0 saturated carbocycles. The Kier molecular flexibility index (Phi) is 5.80. The third-order valence-electron chi connectivity index (χ3n) is 5.20. The van der Waals surface area contributed by atoms with Gasteiger partial charge in [-0.05, 0) is 50.6 Å². The molecule has 2 atom stereocenters. The number of piperidine rings is 1. The van der Waals surface area contributed by atoms with Crippen molar-refractivity contribution in [3.05, 3.63) is 60.2 Å². The summed E-state index contributed by atoms with van der Waals surface area (Å²) in [4.78, 5) is 2.20. The van der Waals surface area contributed by atoms with Crippen LogP contribution in [0.3, 0.4) is 0 Å². The predicted molar refractivity (Wildman–Crippen MR) is 108 cm³/mol. The van der Waals surface area contributed by atoms with Crippen molar-refractivity contribution < 1.29 is 8.42 Å². The third kappa shape index (κ3) is 4.34. The quantitative estimate of drug-likeness (QED) is 0.874. The zero-order valence-corrected chi connectivity index (χ0v) is 16.5. The summed E-state index contributed by atoms with van der Waals surface area (Å²) < 4.78 is 27.7. The molecule has 2 aromatic rings. The highest BCUT2D eigenvalue weighted by atomic mass is 32.2. The highest BCUT2D eigenvalue weighted by Crippen LogP contribution is 2.30. The summed E-state index contributed by atoms with van der Waals surface area (Å²) in [5.41, 5.74) is 3.58. The third-order valence-corrected chi connectivity index (χ3v) is 7.07. The van der Waals surface area contributed by atoms with Crippen molar-refractivity contribution in [2.75, 3.05) is 20.1 Å². The van der Waals surface area contributed by atoms with Crippen LogP contribution in [0.1, 0.15) is 31.7 Å². The zero-order valence-electron chi connectivity index (χ0n) is 15.7. The number of likely N-dealkylation sites (N-methyl/N-ethyl adjacent to an activating group) is 1. The Bertz CT molecular complexity index is 817.